The van der Waals surface area contributed by atoms with E-state index in [-0.39, 0.29) is 0 Å². The predicted octanol–water partition coefficient (Wildman–Crippen LogP) is 7.04. The summed E-state index contributed by atoms with van der Waals surface area (Å²) in [7, 11) is 0. The average Bonchev–Trinajstić information content (AvgIpc) is 2.79. The lowest BCUT2D eigenvalue weighted by Crippen LogP contribution is -2.21. The van der Waals surface area contributed by atoms with Gasteiger partial charge < -0.3 is 9.80 Å². The molecule has 0 bridgehead atoms. The highest BCUT2D eigenvalue weighted by Gasteiger charge is 2.03. The molecule has 162 valence electrons. The molecule has 4 heteroatoms. The molecule has 0 atom stereocenters. The van der Waals surface area contributed by atoms with Gasteiger partial charge in [-0.15, -0.1) is 0 Å². The first-order valence-corrected chi connectivity index (χ1v) is 11.5. The largest absolute Gasteiger partial charge is 0.372 e. The van der Waals surface area contributed by atoms with Crippen molar-refractivity contribution in [3.8, 4) is 0 Å². The van der Waals surface area contributed by atoms with Crippen molar-refractivity contribution in [1.82, 2.24) is 0 Å². The molecule has 2 aromatic rings. The van der Waals surface area contributed by atoms with Crippen molar-refractivity contribution in [3.63, 3.8) is 0 Å². The molecule has 0 saturated heterocycles. The fraction of sp³-hybridized carbons (Fsp3) is 0.462. The van der Waals surface area contributed by atoms with Crippen molar-refractivity contribution < 1.29 is 0 Å². The van der Waals surface area contributed by atoms with Gasteiger partial charge in [0.25, 0.3) is 0 Å². The van der Waals surface area contributed by atoms with Gasteiger partial charge in [0, 0.05) is 43.8 Å². The number of benzene rings is 2. The van der Waals surface area contributed by atoms with E-state index in [9.17, 15) is 0 Å². The van der Waals surface area contributed by atoms with Crippen LogP contribution in [0.25, 0.3) is 0 Å². The van der Waals surface area contributed by atoms with Crippen LogP contribution in [0.1, 0.15) is 53.9 Å². The maximum atomic E-state index is 4.88. The standard InChI is InChI=1S/C26H38N4/c1-6-11-12-24(28-23-15-19-26(20-16-23)30(9-4)10-5)21-27-22-13-17-25(18-14-22)29(7-2)8-3/h13-21H,6-12H2,1-5H3. The summed E-state index contributed by atoms with van der Waals surface area (Å²) >= 11 is 0. The van der Waals surface area contributed by atoms with E-state index in [4.69, 9.17) is 9.98 Å². The van der Waals surface area contributed by atoms with Gasteiger partial charge in [-0.1, -0.05) is 13.3 Å². The number of unbranched alkanes of at least 4 members (excludes halogenated alkanes) is 1. The molecule has 0 aliphatic carbocycles. The van der Waals surface area contributed by atoms with Crippen LogP contribution in [-0.2, 0) is 0 Å². The first kappa shape index (κ1) is 23.7. The van der Waals surface area contributed by atoms with E-state index >= 15 is 0 Å². The van der Waals surface area contributed by atoms with Crippen molar-refractivity contribution in [3.05, 3.63) is 48.5 Å². The monoisotopic (exact) mass is 406 g/mol. The molecule has 0 radical (unpaired) electrons. The SMILES string of the molecule is CCCCC(C=Nc1ccc(N(CC)CC)cc1)=Nc1ccc(N(CC)CC)cc1. The Balaban J connectivity index is 2.16. The molecule has 0 N–H and O–H groups in total. The topological polar surface area (TPSA) is 31.2 Å². The lowest BCUT2D eigenvalue weighted by Gasteiger charge is -2.20. The molecule has 0 saturated carbocycles. The number of hydrogen-bond acceptors (Lipinski definition) is 4. The third-order valence-electron chi connectivity index (χ3n) is 5.38. The van der Waals surface area contributed by atoms with Crippen LogP contribution in [0.5, 0.6) is 0 Å². The highest BCUT2D eigenvalue weighted by Crippen LogP contribution is 2.22. The van der Waals surface area contributed by atoms with Crippen LogP contribution in [0.15, 0.2) is 58.5 Å². The molecule has 0 unspecified atom stereocenters. The zero-order valence-corrected chi connectivity index (χ0v) is 19.4. The molecule has 0 amide bonds. The lowest BCUT2D eigenvalue weighted by atomic mass is 10.2. The molecular formula is C26H38N4. The van der Waals surface area contributed by atoms with Crippen LogP contribution in [-0.4, -0.2) is 38.1 Å². The Hall–Kier alpha value is -2.62. The van der Waals surface area contributed by atoms with Gasteiger partial charge in [0.05, 0.1) is 17.1 Å². The Kier molecular flexibility index (Phi) is 10.1. The van der Waals surface area contributed by atoms with Crippen LogP contribution in [0.3, 0.4) is 0 Å². The van der Waals surface area contributed by atoms with Crippen LogP contribution in [0.4, 0.5) is 22.7 Å². The van der Waals surface area contributed by atoms with Gasteiger partial charge in [0.1, 0.15) is 0 Å². The number of anilines is 2. The number of rotatable bonds is 12. The van der Waals surface area contributed by atoms with Gasteiger partial charge in [-0.3, -0.25) is 9.98 Å². The lowest BCUT2D eigenvalue weighted by molar-refractivity contribution is 0.839. The first-order valence-electron chi connectivity index (χ1n) is 11.5. The molecule has 30 heavy (non-hydrogen) atoms. The summed E-state index contributed by atoms with van der Waals surface area (Å²) in [5, 5.41) is 0. The van der Waals surface area contributed by atoms with Crippen molar-refractivity contribution in [2.24, 2.45) is 9.98 Å². The van der Waals surface area contributed by atoms with Gasteiger partial charge in [-0.25, -0.2) is 0 Å². The van der Waals surface area contributed by atoms with E-state index in [1.807, 2.05) is 6.21 Å². The van der Waals surface area contributed by atoms with Crippen LogP contribution >= 0.6 is 0 Å². The number of hydrogen-bond donors (Lipinski definition) is 0. The van der Waals surface area contributed by atoms with Crippen molar-refractivity contribution >= 4 is 34.7 Å². The smallest absolute Gasteiger partial charge is 0.0635 e. The molecule has 0 aliphatic heterocycles. The van der Waals surface area contributed by atoms with E-state index in [0.29, 0.717) is 0 Å². The van der Waals surface area contributed by atoms with Gasteiger partial charge in [-0.05, 0) is 89.1 Å². The summed E-state index contributed by atoms with van der Waals surface area (Å²) in [6, 6.07) is 17.0. The van der Waals surface area contributed by atoms with E-state index in [1.165, 1.54) is 11.4 Å². The van der Waals surface area contributed by atoms with E-state index in [2.05, 4.69) is 92.9 Å². The van der Waals surface area contributed by atoms with Crippen LogP contribution < -0.4 is 9.80 Å². The first-order chi connectivity index (χ1) is 14.6. The second-order valence-electron chi connectivity index (χ2n) is 7.34. The van der Waals surface area contributed by atoms with Crippen molar-refractivity contribution in [1.29, 1.82) is 0 Å². The molecule has 4 nitrogen and oxygen atoms in total. The van der Waals surface area contributed by atoms with Crippen LogP contribution in [0.2, 0.25) is 0 Å². The third kappa shape index (κ3) is 7.01. The summed E-state index contributed by atoms with van der Waals surface area (Å²) in [6.07, 6.45) is 5.13. The van der Waals surface area contributed by atoms with Crippen molar-refractivity contribution in [2.45, 2.75) is 53.9 Å². The molecule has 2 rings (SSSR count). The minimum absolute atomic E-state index is 0.940. The van der Waals surface area contributed by atoms with Gasteiger partial charge in [0.15, 0.2) is 0 Å². The minimum atomic E-state index is 0.940. The second kappa shape index (κ2) is 12.8. The summed E-state index contributed by atoms with van der Waals surface area (Å²) in [6.45, 7) is 15.0. The highest BCUT2D eigenvalue weighted by molar-refractivity contribution is 6.31. The van der Waals surface area contributed by atoms with E-state index < -0.39 is 0 Å². The normalized spacial score (nSPS) is 11.8. The summed E-state index contributed by atoms with van der Waals surface area (Å²) < 4.78 is 0. The van der Waals surface area contributed by atoms with Crippen molar-refractivity contribution in [2.75, 3.05) is 36.0 Å². The van der Waals surface area contributed by atoms with Gasteiger partial charge >= 0.3 is 0 Å². The Morgan fingerprint density at radius 3 is 1.60 bits per heavy atom. The highest BCUT2D eigenvalue weighted by atomic mass is 15.1. The molecule has 0 heterocycles. The Labute approximate surface area is 183 Å². The quantitative estimate of drug-likeness (QED) is 0.354. The van der Waals surface area contributed by atoms with Gasteiger partial charge in [-0.2, -0.15) is 0 Å². The zero-order chi connectivity index (χ0) is 21.8. The summed E-state index contributed by atoms with van der Waals surface area (Å²) in [4.78, 5) is 14.3. The summed E-state index contributed by atoms with van der Waals surface area (Å²) in [5.74, 6) is 0. The Morgan fingerprint density at radius 1 is 0.700 bits per heavy atom. The van der Waals surface area contributed by atoms with Crippen LogP contribution in [0, 0.1) is 0 Å². The maximum Gasteiger partial charge on any atom is 0.0635 e. The number of aliphatic imine (C=N–C) groups is 2. The Morgan fingerprint density at radius 2 is 1.17 bits per heavy atom. The minimum Gasteiger partial charge on any atom is -0.372 e. The molecule has 0 aromatic heterocycles. The molecular weight excluding hydrogens is 368 g/mol. The molecule has 2 aromatic carbocycles. The maximum absolute atomic E-state index is 4.88. The second-order valence-corrected chi connectivity index (χ2v) is 7.34. The Bertz CT molecular complexity index is 783. The van der Waals surface area contributed by atoms with Gasteiger partial charge in [0.2, 0.25) is 0 Å². The molecule has 0 aliphatic rings. The fourth-order valence-corrected chi connectivity index (χ4v) is 3.49. The van der Waals surface area contributed by atoms with E-state index in [0.717, 1.165) is 62.5 Å². The fourth-order valence-electron chi connectivity index (χ4n) is 3.49. The summed E-state index contributed by atoms with van der Waals surface area (Å²) in [5.41, 5.74) is 5.47. The molecule has 0 fully saturated rings. The average molecular weight is 407 g/mol. The number of nitrogens with zero attached hydrogens (tertiary/aromatic N) is 4. The predicted molar refractivity (Wildman–Crippen MR) is 135 cm³/mol. The third-order valence-corrected chi connectivity index (χ3v) is 5.38. The zero-order valence-electron chi connectivity index (χ0n) is 19.4. The van der Waals surface area contributed by atoms with E-state index in [1.54, 1.807) is 0 Å². The molecule has 0 spiro atoms.